The second-order valence-electron chi connectivity index (χ2n) is 7.50. The number of phenolic OH excluding ortho intramolecular Hbond substituents is 1. The molecule has 0 aliphatic rings. The highest BCUT2D eigenvalue weighted by Gasteiger charge is 2.32. The first-order valence-corrected chi connectivity index (χ1v) is 9.98. The molecule has 0 radical (unpaired) electrons. The summed E-state index contributed by atoms with van der Waals surface area (Å²) in [6.45, 7) is 0.154. The van der Waals surface area contributed by atoms with Crippen LogP contribution in [0.1, 0.15) is 29.8 Å². The third kappa shape index (κ3) is 4.70. The molecule has 34 heavy (non-hydrogen) atoms. The summed E-state index contributed by atoms with van der Waals surface area (Å²) >= 11 is 0. The van der Waals surface area contributed by atoms with E-state index in [0.717, 1.165) is 17.7 Å². The summed E-state index contributed by atoms with van der Waals surface area (Å²) in [5, 5.41) is 25.3. The highest BCUT2D eigenvalue weighted by atomic mass is 19.4. The van der Waals surface area contributed by atoms with Gasteiger partial charge in [-0.3, -0.25) is 0 Å². The van der Waals surface area contributed by atoms with Gasteiger partial charge in [0.15, 0.2) is 0 Å². The quantitative estimate of drug-likeness (QED) is 0.351. The van der Waals surface area contributed by atoms with Crippen molar-refractivity contribution in [3.8, 4) is 22.8 Å². The van der Waals surface area contributed by atoms with Crippen molar-refractivity contribution in [2.24, 2.45) is 0 Å². The standard InChI is InChI=1S/C22H18F5N5O2/c1-11-8-17-19(16-7-6-14(22(25,26)27)10-18(16)34-20(23)24)29-30-21(32(17)31-11)28-12(2)13-4-3-5-15(33)9-13/h3-10,12,20,33H,1-2H3,(H,28,30). The third-order valence-electron chi connectivity index (χ3n) is 5.02. The predicted octanol–water partition coefficient (Wildman–Crippen LogP) is 5.60. The van der Waals surface area contributed by atoms with Crippen molar-refractivity contribution in [2.45, 2.75) is 32.7 Å². The number of hydrogen-bond donors (Lipinski definition) is 2. The monoisotopic (exact) mass is 479 g/mol. The molecule has 0 fully saturated rings. The van der Waals surface area contributed by atoms with E-state index in [2.05, 4.69) is 25.3 Å². The Morgan fingerprint density at radius 1 is 1.06 bits per heavy atom. The van der Waals surface area contributed by atoms with Gasteiger partial charge in [-0.1, -0.05) is 12.1 Å². The van der Waals surface area contributed by atoms with Gasteiger partial charge in [0.25, 0.3) is 0 Å². The average molecular weight is 479 g/mol. The fraction of sp³-hybridized carbons (Fsp3) is 0.227. The van der Waals surface area contributed by atoms with E-state index in [4.69, 9.17) is 0 Å². The van der Waals surface area contributed by atoms with Crippen LogP contribution in [0.25, 0.3) is 16.8 Å². The molecule has 0 aliphatic carbocycles. The highest BCUT2D eigenvalue weighted by Crippen LogP contribution is 2.38. The van der Waals surface area contributed by atoms with E-state index in [1.165, 1.54) is 10.6 Å². The van der Waals surface area contributed by atoms with Gasteiger partial charge in [0, 0.05) is 5.56 Å². The molecule has 2 aromatic heterocycles. The zero-order valence-electron chi connectivity index (χ0n) is 17.8. The number of anilines is 1. The Hall–Kier alpha value is -3.96. The lowest BCUT2D eigenvalue weighted by Crippen LogP contribution is -2.14. The number of halogens is 5. The molecule has 0 spiro atoms. The molecule has 0 aliphatic heterocycles. The Balaban J connectivity index is 1.80. The second kappa shape index (κ2) is 8.76. The first kappa shape index (κ1) is 23.2. The van der Waals surface area contributed by atoms with Crippen molar-refractivity contribution in [3.05, 3.63) is 65.4 Å². The maximum Gasteiger partial charge on any atom is 0.416 e. The molecular weight excluding hydrogens is 461 g/mol. The molecule has 0 bridgehead atoms. The molecule has 1 atom stereocenters. The minimum Gasteiger partial charge on any atom is -0.508 e. The van der Waals surface area contributed by atoms with Crippen molar-refractivity contribution in [2.75, 3.05) is 5.32 Å². The Bertz CT molecular complexity index is 1340. The lowest BCUT2D eigenvalue weighted by molar-refractivity contribution is -0.138. The molecule has 0 amide bonds. The molecule has 7 nitrogen and oxygen atoms in total. The number of alkyl halides is 5. The van der Waals surface area contributed by atoms with Crippen LogP contribution in [-0.4, -0.2) is 31.5 Å². The SMILES string of the molecule is Cc1cc2c(-c3ccc(C(F)(F)F)cc3OC(F)F)nnc(NC(C)c3cccc(O)c3)n2n1. The molecule has 178 valence electrons. The number of rotatable bonds is 6. The second-order valence-corrected chi connectivity index (χ2v) is 7.50. The van der Waals surface area contributed by atoms with Crippen LogP contribution in [0.3, 0.4) is 0 Å². The molecule has 12 heteroatoms. The molecule has 2 N–H and O–H groups in total. The van der Waals surface area contributed by atoms with Crippen LogP contribution in [0.15, 0.2) is 48.5 Å². The summed E-state index contributed by atoms with van der Waals surface area (Å²) in [7, 11) is 0. The van der Waals surface area contributed by atoms with E-state index in [1.54, 1.807) is 31.2 Å². The normalized spacial score (nSPS) is 12.8. The van der Waals surface area contributed by atoms with Gasteiger partial charge < -0.3 is 15.2 Å². The summed E-state index contributed by atoms with van der Waals surface area (Å²) in [6.07, 6.45) is -4.75. The minimum atomic E-state index is -4.75. The molecular formula is C22H18F5N5O2. The van der Waals surface area contributed by atoms with Crippen LogP contribution < -0.4 is 10.1 Å². The summed E-state index contributed by atoms with van der Waals surface area (Å²) in [5.41, 5.74) is 0.375. The minimum absolute atomic E-state index is 0.0144. The topological polar surface area (TPSA) is 84.6 Å². The molecule has 1 unspecified atom stereocenters. The molecule has 2 heterocycles. The van der Waals surface area contributed by atoms with E-state index >= 15 is 0 Å². The fourth-order valence-electron chi connectivity index (χ4n) is 3.46. The number of aromatic hydroxyl groups is 1. The Kier molecular flexibility index (Phi) is 5.98. The summed E-state index contributed by atoms with van der Waals surface area (Å²) < 4.78 is 71.1. The zero-order valence-corrected chi connectivity index (χ0v) is 17.8. The number of nitrogens with zero attached hydrogens (tertiary/aromatic N) is 4. The fourth-order valence-corrected chi connectivity index (χ4v) is 3.46. The number of ether oxygens (including phenoxy) is 1. The number of aryl methyl sites for hydroxylation is 1. The average Bonchev–Trinajstić information content (AvgIpc) is 3.15. The van der Waals surface area contributed by atoms with Crippen molar-refractivity contribution in [1.82, 2.24) is 19.8 Å². The van der Waals surface area contributed by atoms with Crippen molar-refractivity contribution in [1.29, 1.82) is 0 Å². The maximum atomic E-state index is 13.1. The van der Waals surface area contributed by atoms with Gasteiger partial charge in [-0.25, -0.2) is 0 Å². The molecule has 2 aromatic carbocycles. The molecule has 4 rings (SSSR count). The van der Waals surface area contributed by atoms with Crippen molar-refractivity contribution >= 4 is 11.5 Å². The van der Waals surface area contributed by atoms with Gasteiger partial charge in [0.1, 0.15) is 17.2 Å². The Labute approximate surface area is 189 Å². The van der Waals surface area contributed by atoms with Crippen LogP contribution >= 0.6 is 0 Å². The van der Waals surface area contributed by atoms with Crippen LogP contribution in [0.5, 0.6) is 11.5 Å². The smallest absolute Gasteiger partial charge is 0.416 e. The lowest BCUT2D eigenvalue weighted by Gasteiger charge is -2.17. The van der Waals surface area contributed by atoms with Gasteiger partial charge >= 0.3 is 12.8 Å². The molecule has 0 saturated carbocycles. The van der Waals surface area contributed by atoms with E-state index in [9.17, 15) is 27.1 Å². The summed E-state index contributed by atoms with van der Waals surface area (Å²) in [4.78, 5) is 0. The van der Waals surface area contributed by atoms with Crippen molar-refractivity contribution < 1.29 is 31.8 Å². The van der Waals surface area contributed by atoms with Crippen molar-refractivity contribution in [3.63, 3.8) is 0 Å². The summed E-state index contributed by atoms with van der Waals surface area (Å²) in [6, 6.07) is 10.1. The number of fused-ring (bicyclic) bond motifs is 1. The number of phenols is 1. The van der Waals surface area contributed by atoms with E-state index in [-0.39, 0.29) is 29.0 Å². The lowest BCUT2D eigenvalue weighted by atomic mass is 10.1. The Morgan fingerprint density at radius 2 is 1.82 bits per heavy atom. The predicted molar refractivity (Wildman–Crippen MR) is 113 cm³/mol. The highest BCUT2D eigenvalue weighted by molar-refractivity contribution is 5.81. The van der Waals surface area contributed by atoms with Gasteiger partial charge in [0.2, 0.25) is 5.95 Å². The Morgan fingerprint density at radius 3 is 2.50 bits per heavy atom. The summed E-state index contributed by atoms with van der Waals surface area (Å²) in [5.74, 6) is -0.402. The first-order valence-electron chi connectivity index (χ1n) is 9.98. The number of hydrogen-bond acceptors (Lipinski definition) is 6. The van der Waals surface area contributed by atoms with E-state index in [0.29, 0.717) is 17.3 Å². The molecule has 0 saturated heterocycles. The van der Waals surface area contributed by atoms with Crippen LogP contribution in [0, 0.1) is 6.92 Å². The van der Waals surface area contributed by atoms with Crippen LogP contribution in [-0.2, 0) is 6.18 Å². The van der Waals surface area contributed by atoms with Gasteiger partial charge in [-0.05, 0) is 55.8 Å². The van der Waals surface area contributed by atoms with Gasteiger partial charge in [-0.15, -0.1) is 10.2 Å². The zero-order chi connectivity index (χ0) is 24.6. The number of nitrogens with one attached hydrogen (secondary N) is 1. The van der Waals surface area contributed by atoms with Gasteiger partial charge in [0.05, 0.1) is 22.8 Å². The van der Waals surface area contributed by atoms with E-state index in [1.807, 2.05) is 6.92 Å². The number of aromatic nitrogens is 4. The van der Waals surface area contributed by atoms with Crippen LogP contribution in [0.4, 0.5) is 27.9 Å². The maximum absolute atomic E-state index is 13.1. The van der Waals surface area contributed by atoms with Crippen LogP contribution in [0.2, 0.25) is 0 Å². The van der Waals surface area contributed by atoms with Gasteiger partial charge in [-0.2, -0.15) is 31.6 Å². The molecule has 4 aromatic rings. The first-order chi connectivity index (χ1) is 16.0. The third-order valence-corrected chi connectivity index (χ3v) is 5.02. The van der Waals surface area contributed by atoms with E-state index < -0.39 is 24.1 Å². The number of benzene rings is 2. The largest absolute Gasteiger partial charge is 0.508 e.